The van der Waals surface area contributed by atoms with E-state index in [0.29, 0.717) is 0 Å². The maximum Gasteiger partial charge on any atom is 0.243 e. The Morgan fingerprint density at radius 1 is 1.00 bits per heavy atom. The lowest BCUT2D eigenvalue weighted by Gasteiger charge is -2.19. The van der Waals surface area contributed by atoms with Crippen LogP contribution < -0.4 is 4.72 Å². The van der Waals surface area contributed by atoms with Crippen molar-refractivity contribution in [3.05, 3.63) is 49.6 Å². The van der Waals surface area contributed by atoms with Crippen LogP contribution in [-0.4, -0.2) is 41.3 Å². The third-order valence-electron chi connectivity index (χ3n) is 2.71. The van der Waals surface area contributed by atoms with Crippen LogP contribution in [0.25, 0.3) is 0 Å². The van der Waals surface area contributed by atoms with Gasteiger partial charge in [-0.1, -0.05) is 12.2 Å². The fourth-order valence-corrected chi connectivity index (χ4v) is 3.73. The molecule has 0 aliphatic carbocycles. The molecule has 0 unspecified atom stereocenters. The molecule has 8 heteroatoms. The normalized spacial score (nSPS) is 12.3. The number of nitrogens with one attached hydrogen (secondary N) is 1. The highest BCUT2D eigenvalue weighted by Gasteiger charge is 2.23. The van der Waals surface area contributed by atoms with Crippen LogP contribution in [0.4, 0.5) is 0 Å². The van der Waals surface area contributed by atoms with E-state index < -0.39 is 20.0 Å². The quantitative estimate of drug-likeness (QED) is 0.720. The minimum atomic E-state index is -3.72. The molecule has 0 aliphatic rings. The van der Waals surface area contributed by atoms with Gasteiger partial charge in [0.25, 0.3) is 0 Å². The molecule has 0 aromatic heterocycles. The van der Waals surface area contributed by atoms with Gasteiger partial charge in [0.2, 0.25) is 20.0 Å². The van der Waals surface area contributed by atoms with Crippen molar-refractivity contribution in [1.82, 2.24) is 9.03 Å². The van der Waals surface area contributed by atoms with E-state index in [0.717, 1.165) is 0 Å². The fourth-order valence-electron chi connectivity index (χ4n) is 1.62. The highest BCUT2D eigenvalue weighted by atomic mass is 32.2. The molecule has 0 saturated heterocycles. The van der Waals surface area contributed by atoms with Crippen molar-refractivity contribution in [2.45, 2.75) is 9.79 Å². The molecule has 0 atom stereocenters. The lowest BCUT2D eigenvalue weighted by atomic mass is 10.4. The molecule has 0 saturated carbocycles. The highest BCUT2D eigenvalue weighted by molar-refractivity contribution is 7.89. The first kappa shape index (κ1) is 17.6. The Kier molecular flexibility index (Phi) is 5.85. The van der Waals surface area contributed by atoms with Gasteiger partial charge in [0.15, 0.2) is 0 Å². The van der Waals surface area contributed by atoms with E-state index in [9.17, 15) is 16.8 Å². The summed E-state index contributed by atoms with van der Waals surface area (Å²) in [5.74, 6) is 0. The van der Waals surface area contributed by atoms with Gasteiger partial charge in [0, 0.05) is 13.1 Å². The molecule has 21 heavy (non-hydrogen) atoms. The van der Waals surface area contributed by atoms with E-state index >= 15 is 0 Å². The Morgan fingerprint density at radius 2 is 1.43 bits per heavy atom. The molecular formula is C13H18N2O4S2. The third-order valence-corrected chi connectivity index (χ3v) is 5.98. The summed E-state index contributed by atoms with van der Waals surface area (Å²) in [4.78, 5) is 0.0178. The fraction of sp³-hybridized carbons (Fsp3) is 0.231. The molecule has 0 radical (unpaired) electrons. The predicted octanol–water partition coefficient (Wildman–Crippen LogP) is 0.957. The van der Waals surface area contributed by atoms with Crippen LogP contribution in [0.2, 0.25) is 0 Å². The predicted molar refractivity (Wildman–Crippen MR) is 81.8 cm³/mol. The Morgan fingerprint density at radius 3 is 1.81 bits per heavy atom. The van der Waals surface area contributed by atoms with Crippen LogP contribution in [0, 0.1) is 0 Å². The Labute approximate surface area is 125 Å². The summed E-state index contributed by atoms with van der Waals surface area (Å²) in [7, 11) is -6.02. The first-order chi connectivity index (χ1) is 9.79. The second-order valence-electron chi connectivity index (χ2n) is 4.08. The number of hydrogen-bond donors (Lipinski definition) is 1. The van der Waals surface area contributed by atoms with E-state index in [4.69, 9.17) is 0 Å². The minimum absolute atomic E-state index is 0.00272. The van der Waals surface area contributed by atoms with Gasteiger partial charge in [-0.2, -0.15) is 4.31 Å². The van der Waals surface area contributed by atoms with Gasteiger partial charge < -0.3 is 0 Å². The standard InChI is InChI=1S/C13H18N2O4S2/c1-4-10-15(11-5-2)21(18,19)13-8-6-12(7-9-13)20(16,17)14-3/h4-9,14H,1-2,10-11H2,3H3. The molecule has 0 heterocycles. The van der Waals surface area contributed by atoms with Crippen molar-refractivity contribution in [2.24, 2.45) is 0 Å². The van der Waals surface area contributed by atoms with Crippen molar-refractivity contribution in [3.63, 3.8) is 0 Å². The molecule has 1 aromatic carbocycles. The zero-order valence-corrected chi connectivity index (χ0v) is 13.3. The third kappa shape index (κ3) is 4.01. The topological polar surface area (TPSA) is 83.6 Å². The van der Waals surface area contributed by atoms with Gasteiger partial charge in [-0.15, -0.1) is 13.2 Å². The average Bonchev–Trinajstić information content (AvgIpc) is 2.47. The summed E-state index contributed by atoms with van der Waals surface area (Å²) in [6, 6.07) is 5.02. The van der Waals surface area contributed by atoms with Crippen LogP contribution >= 0.6 is 0 Å². The lowest BCUT2D eigenvalue weighted by molar-refractivity contribution is 0.474. The van der Waals surface area contributed by atoms with Crippen molar-refractivity contribution in [2.75, 3.05) is 20.1 Å². The Hall–Kier alpha value is -1.48. The summed E-state index contributed by atoms with van der Waals surface area (Å²) >= 11 is 0. The molecule has 6 nitrogen and oxygen atoms in total. The Bertz CT molecular complexity index is 697. The molecule has 0 spiro atoms. The first-order valence-corrected chi connectivity index (χ1v) is 8.97. The first-order valence-electron chi connectivity index (χ1n) is 6.05. The average molecular weight is 330 g/mol. The van der Waals surface area contributed by atoms with E-state index in [1.54, 1.807) is 0 Å². The minimum Gasteiger partial charge on any atom is -0.214 e. The van der Waals surface area contributed by atoms with Crippen LogP contribution in [0.15, 0.2) is 59.4 Å². The monoisotopic (exact) mass is 330 g/mol. The smallest absolute Gasteiger partial charge is 0.214 e. The molecule has 1 rings (SSSR count). The lowest BCUT2D eigenvalue weighted by Crippen LogP contribution is -2.31. The zero-order chi connectivity index (χ0) is 16.1. The van der Waals surface area contributed by atoms with E-state index in [2.05, 4.69) is 17.9 Å². The van der Waals surface area contributed by atoms with Crippen LogP contribution in [0.1, 0.15) is 0 Å². The number of nitrogens with zero attached hydrogens (tertiary/aromatic N) is 1. The maximum absolute atomic E-state index is 12.4. The van der Waals surface area contributed by atoms with E-state index in [1.165, 1.54) is 47.8 Å². The van der Waals surface area contributed by atoms with Crippen LogP contribution in [0.5, 0.6) is 0 Å². The zero-order valence-electron chi connectivity index (χ0n) is 11.7. The molecule has 0 aliphatic heterocycles. The van der Waals surface area contributed by atoms with Gasteiger partial charge in [0.05, 0.1) is 9.79 Å². The van der Waals surface area contributed by atoms with Crippen molar-refractivity contribution in [3.8, 4) is 0 Å². The number of rotatable bonds is 8. The van der Waals surface area contributed by atoms with Crippen LogP contribution in [0.3, 0.4) is 0 Å². The summed E-state index contributed by atoms with van der Waals surface area (Å²) in [6.45, 7) is 7.33. The van der Waals surface area contributed by atoms with Gasteiger partial charge in [-0.25, -0.2) is 21.6 Å². The molecule has 116 valence electrons. The van der Waals surface area contributed by atoms with Crippen molar-refractivity contribution in [1.29, 1.82) is 0 Å². The van der Waals surface area contributed by atoms with Gasteiger partial charge >= 0.3 is 0 Å². The summed E-state index contributed by atoms with van der Waals surface area (Å²) in [5.41, 5.74) is 0. The molecule has 0 bridgehead atoms. The molecule has 1 N–H and O–H groups in total. The van der Waals surface area contributed by atoms with Gasteiger partial charge in [-0.05, 0) is 31.3 Å². The maximum atomic E-state index is 12.4. The van der Waals surface area contributed by atoms with Gasteiger partial charge in [-0.3, -0.25) is 0 Å². The summed E-state index contributed by atoms with van der Waals surface area (Å²) < 4.78 is 51.4. The second-order valence-corrected chi connectivity index (χ2v) is 7.90. The molecular weight excluding hydrogens is 312 g/mol. The van der Waals surface area contributed by atoms with Crippen molar-refractivity contribution >= 4 is 20.0 Å². The summed E-state index contributed by atoms with van der Waals surface area (Å²) in [5, 5.41) is 0. The summed E-state index contributed by atoms with van der Waals surface area (Å²) in [6.07, 6.45) is 2.95. The van der Waals surface area contributed by atoms with Gasteiger partial charge in [0.1, 0.15) is 0 Å². The van der Waals surface area contributed by atoms with Crippen molar-refractivity contribution < 1.29 is 16.8 Å². The molecule has 0 fully saturated rings. The highest BCUT2D eigenvalue weighted by Crippen LogP contribution is 2.18. The largest absolute Gasteiger partial charge is 0.243 e. The number of hydrogen-bond acceptors (Lipinski definition) is 4. The Balaban J connectivity index is 3.20. The number of sulfonamides is 2. The number of benzene rings is 1. The SMILES string of the molecule is C=CCN(CC=C)S(=O)(=O)c1ccc(S(=O)(=O)NC)cc1. The van der Waals surface area contributed by atoms with E-state index in [1.807, 2.05) is 0 Å². The molecule has 0 amide bonds. The second kappa shape index (κ2) is 6.99. The van der Waals surface area contributed by atoms with E-state index in [-0.39, 0.29) is 22.9 Å². The van der Waals surface area contributed by atoms with Crippen LogP contribution in [-0.2, 0) is 20.0 Å². The molecule has 1 aromatic rings.